The average Bonchev–Trinajstić information content (AvgIpc) is 3.26. The molecule has 2 atom stereocenters. The number of allylic oxidation sites excluding steroid dienone is 2. The SMILES string of the molecule is C1=CC2c3ccccc3N(c3ccnc(N4c5ccccc5-c5ccccc5-c5ccccc54)c3)C2C=C1. The van der Waals surface area contributed by atoms with Crippen molar-refractivity contribution in [1.29, 1.82) is 0 Å². The summed E-state index contributed by atoms with van der Waals surface area (Å²) < 4.78 is 0. The molecule has 5 aromatic rings. The molecule has 0 radical (unpaired) electrons. The first-order valence-electron chi connectivity index (χ1n) is 13.2. The minimum atomic E-state index is 0.251. The predicted octanol–water partition coefficient (Wildman–Crippen LogP) is 8.93. The van der Waals surface area contributed by atoms with Crippen LogP contribution in [0, 0.1) is 0 Å². The molecule has 0 fully saturated rings. The Morgan fingerprint density at radius 3 is 1.84 bits per heavy atom. The van der Waals surface area contributed by atoms with Gasteiger partial charge in [-0.1, -0.05) is 103 Å². The molecule has 3 nitrogen and oxygen atoms in total. The van der Waals surface area contributed by atoms with Crippen molar-refractivity contribution < 1.29 is 0 Å². The van der Waals surface area contributed by atoms with Gasteiger partial charge in [0.15, 0.2) is 0 Å². The fraction of sp³-hybridized carbons (Fsp3) is 0.0571. The largest absolute Gasteiger partial charge is 0.333 e. The molecule has 2 unspecified atom stereocenters. The molecule has 0 N–H and O–H groups in total. The maximum absolute atomic E-state index is 4.96. The van der Waals surface area contributed by atoms with E-state index in [1.807, 2.05) is 6.20 Å². The lowest BCUT2D eigenvalue weighted by molar-refractivity contribution is 0.744. The van der Waals surface area contributed by atoms with Gasteiger partial charge in [-0.15, -0.1) is 0 Å². The van der Waals surface area contributed by atoms with Crippen LogP contribution in [0.4, 0.5) is 28.6 Å². The van der Waals surface area contributed by atoms with Gasteiger partial charge in [0.2, 0.25) is 0 Å². The number of pyridine rings is 1. The molecule has 3 heterocycles. The van der Waals surface area contributed by atoms with E-state index in [0.717, 1.165) is 22.9 Å². The van der Waals surface area contributed by atoms with Gasteiger partial charge in [-0.3, -0.25) is 4.90 Å². The topological polar surface area (TPSA) is 19.4 Å². The Morgan fingerprint density at radius 1 is 0.553 bits per heavy atom. The monoisotopic (exact) mass is 487 g/mol. The number of aromatic nitrogens is 1. The fourth-order valence-electron chi connectivity index (χ4n) is 6.39. The Balaban J connectivity index is 1.34. The lowest BCUT2D eigenvalue weighted by Crippen LogP contribution is -2.28. The summed E-state index contributed by atoms with van der Waals surface area (Å²) in [6.45, 7) is 0. The number of rotatable bonds is 2. The quantitative estimate of drug-likeness (QED) is 0.243. The molecular formula is C35H25N3. The van der Waals surface area contributed by atoms with Gasteiger partial charge in [0, 0.05) is 40.7 Å². The molecule has 0 saturated heterocycles. The van der Waals surface area contributed by atoms with Gasteiger partial charge in [0.1, 0.15) is 5.82 Å². The zero-order valence-corrected chi connectivity index (χ0v) is 20.8. The van der Waals surface area contributed by atoms with Crippen molar-refractivity contribution >= 4 is 28.6 Å². The van der Waals surface area contributed by atoms with E-state index < -0.39 is 0 Å². The van der Waals surface area contributed by atoms with Crippen molar-refractivity contribution in [3.05, 3.63) is 145 Å². The van der Waals surface area contributed by atoms with Crippen molar-refractivity contribution in [1.82, 2.24) is 4.98 Å². The molecule has 4 aromatic carbocycles. The van der Waals surface area contributed by atoms with Crippen molar-refractivity contribution in [2.75, 3.05) is 9.80 Å². The van der Waals surface area contributed by atoms with E-state index in [1.165, 1.54) is 33.5 Å². The maximum atomic E-state index is 4.96. The van der Waals surface area contributed by atoms with E-state index in [1.54, 1.807) is 0 Å². The first kappa shape index (κ1) is 21.2. The molecule has 38 heavy (non-hydrogen) atoms. The number of fused-ring (bicyclic) bond motifs is 8. The van der Waals surface area contributed by atoms with Crippen LogP contribution in [0.1, 0.15) is 11.5 Å². The summed E-state index contributed by atoms with van der Waals surface area (Å²) in [5.41, 5.74) is 10.9. The third-order valence-electron chi connectivity index (χ3n) is 7.99. The van der Waals surface area contributed by atoms with E-state index >= 15 is 0 Å². The zero-order chi connectivity index (χ0) is 25.1. The summed E-state index contributed by atoms with van der Waals surface area (Å²) in [6.07, 6.45) is 10.9. The Bertz CT molecular complexity index is 1700. The number of nitrogens with zero attached hydrogens (tertiary/aromatic N) is 3. The number of anilines is 5. The zero-order valence-electron chi connectivity index (χ0n) is 20.8. The standard InChI is InChI=1S/C35H25N3/c1-2-12-26-25(11-1)27-13-3-9-19-33(27)38(34-20-10-4-14-28(26)34)35-23-24(21-22-36-35)37-31-17-7-5-15-29(31)30-16-6-8-18-32(30)37/h1-23,29,31H. The molecule has 3 aliphatic rings. The normalized spacial score (nSPS) is 18.2. The summed E-state index contributed by atoms with van der Waals surface area (Å²) >= 11 is 0. The third-order valence-corrected chi connectivity index (χ3v) is 7.99. The van der Waals surface area contributed by atoms with Crippen molar-refractivity contribution in [3.63, 3.8) is 0 Å². The maximum Gasteiger partial charge on any atom is 0.139 e. The first-order chi connectivity index (χ1) is 18.9. The third kappa shape index (κ3) is 3.05. The molecule has 2 aliphatic heterocycles. The van der Waals surface area contributed by atoms with Crippen LogP contribution in [0.25, 0.3) is 22.3 Å². The summed E-state index contributed by atoms with van der Waals surface area (Å²) in [5, 5.41) is 0. The molecule has 180 valence electrons. The second-order valence-electron chi connectivity index (χ2n) is 10.0. The predicted molar refractivity (Wildman–Crippen MR) is 157 cm³/mol. The van der Waals surface area contributed by atoms with Crippen LogP contribution in [0.15, 0.2) is 140 Å². The van der Waals surface area contributed by atoms with Gasteiger partial charge in [-0.05, 0) is 41.0 Å². The van der Waals surface area contributed by atoms with E-state index in [4.69, 9.17) is 4.98 Å². The molecular weight excluding hydrogens is 462 g/mol. The van der Waals surface area contributed by atoms with Crippen LogP contribution >= 0.6 is 0 Å². The van der Waals surface area contributed by atoms with Crippen LogP contribution < -0.4 is 9.80 Å². The van der Waals surface area contributed by atoms with Gasteiger partial charge >= 0.3 is 0 Å². The second kappa shape index (κ2) is 8.32. The van der Waals surface area contributed by atoms with E-state index in [-0.39, 0.29) is 6.04 Å². The number of benzene rings is 4. The molecule has 3 heteroatoms. The lowest BCUT2D eigenvalue weighted by Gasteiger charge is -2.31. The van der Waals surface area contributed by atoms with Crippen LogP contribution in [0.3, 0.4) is 0 Å². The summed E-state index contributed by atoms with van der Waals surface area (Å²) in [4.78, 5) is 9.76. The number of hydrogen-bond donors (Lipinski definition) is 0. The van der Waals surface area contributed by atoms with Crippen LogP contribution in [0.2, 0.25) is 0 Å². The summed E-state index contributed by atoms with van der Waals surface area (Å²) in [5.74, 6) is 1.26. The molecule has 0 amide bonds. The molecule has 0 bridgehead atoms. The number of hydrogen-bond acceptors (Lipinski definition) is 3. The lowest BCUT2D eigenvalue weighted by atomic mass is 9.91. The highest BCUT2D eigenvalue weighted by Crippen LogP contribution is 2.52. The van der Waals surface area contributed by atoms with Gasteiger partial charge < -0.3 is 4.90 Å². The van der Waals surface area contributed by atoms with Crippen molar-refractivity contribution in [2.45, 2.75) is 12.0 Å². The highest BCUT2D eigenvalue weighted by Gasteiger charge is 2.37. The Hall–Kier alpha value is -4.89. The number of para-hydroxylation sites is 3. The molecule has 0 saturated carbocycles. The van der Waals surface area contributed by atoms with Gasteiger partial charge in [-0.2, -0.15) is 0 Å². The highest BCUT2D eigenvalue weighted by molar-refractivity contribution is 6.02. The second-order valence-corrected chi connectivity index (χ2v) is 10.0. The van der Waals surface area contributed by atoms with Crippen molar-refractivity contribution in [2.24, 2.45) is 0 Å². The first-order valence-corrected chi connectivity index (χ1v) is 13.2. The van der Waals surface area contributed by atoms with Crippen LogP contribution in [0.5, 0.6) is 0 Å². The smallest absolute Gasteiger partial charge is 0.139 e. The Kier molecular flexibility index (Phi) is 4.65. The Morgan fingerprint density at radius 2 is 1.13 bits per heavy atom. The van der Waals surface area contributed by atoms with E-state index in [0.29, 0.717) is 5.92 Å². The molecule has 0 spiro atoms. The van der Waals surface area contributed by atoms with Crippen molar-refractivity contribution in [3.8, 4) is 22.3 Å². The van der Waals surface area contributed by atoms with Gasteiger partial charge in [0.05, 0.1) is 17.4 Å². The summed E-state index contributed by atoms with van der Waals surface area (Å²) in [7, 11) is 0. The van der Waals surface area contributed by atoms with E-state index in [2.05, 4.69) is 143 Å². The van der Waals surface area contributed by atoms with Gasteiger partial charge in [-0.25, -0.2) is 4.98 Å². The minimum Gasteiger partial charge on any atom is -0.333 e. The minimum absolute atomic E-state index is 0.251. The van der Waals surface area contributed by atoms with Crippen LogP contribution in [-0.4, -0.2) is 11.0 Å². The van der Waals surface area contributed by atoms with E-state index in [9.17, 15) is 0 Å². The van der Waals surface area contributed by atoms with Crippen LogP contribution in [-0.2, 0) is 0 Å². The molecule has 1 aromatic heterocycles. The molecule has 1 aliphatic carbocycles. The highest BCUT2D eigenvalue weighted by atomic mass is 15.2. The summed E-state index contributed by atoms with van der Waals surface area (Å²) in [6, 6.07) is 39.4. The average molecular weight is 488 g/mol. The Labute approximate surface area is 222 Å². The molecule has 8 rings (SSSR count). The fourth-order valence-corrected chi connectivity index (χ4v) is 6.39. The van der Waals surface area contributed by atoms with Gasteiger partial charge in [0.25, 0.3) is 0 Å².